The number of carbonyl (C=O) groups excluding carboxylic acids is 1. The quantitative estimate of drug-likeness (QED) is 0.698. The van der Waals surface area contributed by atoms with Gasteiger partial charge in [0, 0.05) is 16.1 Å². The summed E-state index contributed by atoms with van der Waals surface area (Å²) in [5.41, 5.74) is 1.52. The molecule has 0 bridgehead atoms. The number of halogens is 2. The number of nitrogens with one attached hydrogen (secondary N) is 1. The van der Waals surface area contributed by atoms with Gasteiger partial charge in [0.2, 0.25) is 0 Å². The summed E-state index contributed by atoms with van der Waals surface area (Å²) in [6, 6.07) is 4.87. The van der Waals surface area contributed by atoms with E-state index in [1.807, 2.05) is 0 Å². The van der Waals surface area contributed by atoms with Gasteiger partial charge in [-0.25, -0.2) is 9.18 Å². The van der Waals surface area contributed by atoms with Crippen molar-refractivity contribution in [2.24, 2.45) is 0 Å². The molecule has 0 aliphatic rings. The van der Waals surface area contributed by atoms with E-state index in [1.54, 1.807) is 18.3 Å². The molecule has 2 heterocycles. The SMILES string of the molecule is COC(=O)c1ccc2c([nH]c3cc(Br)cnc32)c1F. The van der Waals surface area contributed by atoms with Crippen LogP contribution in [0.25, 0.3) is 21.9 Å². The molecule has 0 aliphatic heterocycles. The second-order valence-corrected chi connectivity index (χ2v) is 4.93. The predicted molar refractivity (Wildman–Crippen MR) is 72.6 cm³/mol. The molecule has 0 aliphatic carbocycles. The number of ether oxygens (including phenoxy) is 1. The van der Waals surface area contributed by atoms with Gasteiger partial charge in [-0.3, -0.25) is 4.98 Å². The van der Waals surface area contributed by atoms with Gasteiger partial charge in [-0.1, -0.05) is 0 Å². The molecule has 0 saturated heterocycles. The molecule has 6 heteroatoms. The van der Waals surface area contributed by atoms with E-state index in [1.165, 1.54) is 13.2 Å². The minimum absolute atomic E-state index is 0.0966. The molecule has 4 nitrogen and oxygen atoms in total. The Morgan fingerprint density at radius 1 is 1.47 bits per heavy atom. The summed E-state index contributed by atoms with van der Waals surface area (Å²) in [5.74, 6) is -1.33. The van der Waals surface area contributed by atoms with E-state index in [0.29, 0.717) is 16.4 Å². The second-order valence-electron chi connectivity index (χ2n) is 4.02. The van der Waals surface area contributed by atoms with Crippen LogP contribution in [-0.2, 0) is 4.74 Å². The molecule has 0 unspecified atom stereocenters. The first-order valence-electron chi connectivity index (χ1n) is 5.45. The molecule has 2 aromatic heterocycles. The van der Waals surface area contributed by atoms with Gasteiger partial charge in [0.1, 0.15) is 0 Å². The lowest BCUT2D eigenvalue weighted by Gasteiger charge is -2.01. The zero-order chi connectivity index (χ0) is 13.6. The van der Waals surface area contributed by atoms with Crippen LogP contribution in [0, 0.1) is 5.82 Å². The largest absolute Gasteiger partial charge is 0.465 e. The molecule has 0 spiro atoms. The molecule has 0 fully saturated rings. The Kier molecular flexibility index (Phi) is 2.74. The minimum Gasteiger partial charge on any atom is -0.465 e. The lowest BCUT2D eigenvalue weighted by Crippen LogP contribution is -2.04. The van der Waals surface area contributed by atoms with E-state index in [2.05, 4.69) is 30.6 Å². The Hall–Kier alpha value is -1.95. The average Bonchev–Trinajstić information content (AvgIpc) is 2.77. The van der Waals surface area contributed by atoms with E-state index < -0.39 is 11.8 Å². The van der Waals surface area contributed by atoms with Crippen molar-refractivity contribution in [3.05, 3.63) is 40.2 Å². The van der Waals surface area contributed by atoms with Crippen LogP contribution >= 0.6 is 15.9 Å². The van der Waals surface area contributed by atoms with Gasteiger partial charge in [0.15, 0.2) is 5.82 Å². The van der Waals surface area contributed by atoms with Gasteiger partial charge < -0.3 is 9.72 Å². The molecule has 0 amide bonds. The van der Waals surface area contributed by atoms with Crippen LogP contribution < -0.4 is 0 Å². The normalized spacial score (nSPS) is 11.1. The van der Waals surface area contributed by atoms with Crippen LogP contribution in [0.4, 0.5) is 4.39 Å². The van der Waals surface area contributed by atoms with Crippen molar-refractivity contribution < 1.29 is 13.9 Å². The number of aromatic nitrogens is 2. The summed E-state index contributed by atoms with van der Waals surface area (Å²) < 4.78 is 19.6. The predicted octanol–water partition coefficient (Wildman–Crippen LogP) is 3.40. The molecule has 3 aromatic rings. The first-order chi connectivity index (χ1) is 9.11. The number of rotatable bonds is 1. The van der Waals surface area contributed by atoms with Crippen LogP contribution in [0.15, 0.2) is 28.9 Å². The maximum absolute atomic E-state index is 14.3. The molecular weight excluding hydrogens is 315 g/mol. The number of carbonyl (C=O) groups is 1. The smallest absolute Gasteiger partial charge is 0.340 e. The molecule has 3 rings (SSSR count). The summed E-state index contributed by atoms with van der Waals surface area (Å²) in [7, 11) is 1.22. The van der Waals surface area contributed by atoms with Crippen molar-refractivity contribution in [2.75, 3.05) is 7.11 Å². The van der Waals surface area contributed by atoms with Gasteiger partial charge in [-0.05, 0) is 34.1 Å². The van der Waals surface area contributed by atoms with E-state index in [9.17, 15) is 9.18 Å². The zero-order valence-electron chi connectivity index (χ0n) is 9.83. The minimum atomic E-state index is -0.702. The van der Waals surface area contributed by atoms with Crippen LogP contribution in [-0.4, -0.2) is 23.0 Å². The highest BCUT2D eigenvalue weighted by Crippen LogP contribution is 2.28. The number of benzene rings is 1. The highest BCUT2D eigenvalue weighted by atomic mass is 79.9. The number of hydrogen-bond acceptors (Lipinski definition) is 3. The van der Waals surface area contributed by atoms with Crippen LogP contribution in [0.2, 0.25) is 0 Å². The first-order valence-corrected chi connectivity index (χ1v) is 6.25. The Bertz CT molecular complexity index is 813. The van der Waals surface area contributed by atoms with E-state index in [0.717, 1.165) is 4.47 Å². The number of esters is 1. The van der Waals surface area contributed by atoms with Crippen molar-refractivity contribution in [3.8, 4) is 0 Å². The summed E-state index contributed by atoms with van der Waals surface area (Å²) in [6.45, 7) is 0. The van der Waals surface area contributed by atoms with Gasteiger partial charge in [-0.2, -0.15) is 0 Å². The third-order valence-corrected chi connectivity index (χ3v) is 3.35. The fraction of sp³-hybridized carbons (Fsp3) is 0.0769. The average molecular weight is 323 g/mol. The van der Waals surface area contributed by atoms with Crippen molar-refractivity contribution >= 4 is 43.8 Å². The maximum atomic E-state index is 14.3. The third-order valence-electron chi connectivity index (χ3n) is 2.92. The van der Waals surface area contributed by atoms with E-state index in [-0.39, 0.29) is 11.1 Å². The zero-order valence-corrected chi connectivity index (χ0v) is 11.4. The highest BCUT2D eigenvalue weighted by molar-refractivity contribution is 9.10. The molecule has 0 radical (unpaired) electrons. The summed E-state index contributed by atoms with van der Waals surface area (Å²) >= 11 is 3.31. The third kappa shape index (κ3) is 1.79. The molecule has 0 atom stereocenters. The second kappa shape index (κ2) is 4.31. The van der Waals surface area contributed by atoms with Crippen molar-refractivity contribution in [1.29, 1.82) is 0 Å². The number of methoxy groups -OCH3 is 1. The number of hydrogen-bond donors (Lipinski definition) is 1. The number of fused-ring (bicyclic) bond motifs is 3. The number of pyridine rings is 1. The molecule has 96 valence electrons. The Balaban J connectivity index is 2.37. The molecule has 0 saturated carbocycles. The van der Waals surface area contributed by atoms with Gasteiger partial charge in [0.25, 0.3) is 0 Å². The summed E-state index contributed by atoms with van der Waals surface area (Å²) in [5, 5.41) is 0.632. The van der Waals surface area contributed by atoms with Crippen molar-refractivity contribution in [2.45, 2.75) is 0 Å². The summed E-state index contributed by atoms with van der Waals surface area (Å²) in [4.78, 5) is 18.6. The first kappa shape index (κ1) is 12.1. The van der Waals surface area contributed by atoms with Crippen molar-refractivity contribution in [1.82, 2.24) is 9.97 Å². The van der Waals surface area contributed by atoms with E-state index >= 15 is 0 Å². The maximum Gasteiger partial charge on any atom is 0.340 e. The Labute approximate surface area is 115 Å². The number of nitrogens with zero attached hydrogens (tertiary/aromatic N) is 1. The lowest BCUT2D eigenvalue weighted by atomic mass is 10.1. The Morgan fingerprint density at radius 2 is 2.26 bits per heavy atom. The fourth-order valence-electron chi connectivity index (χ4n) is 2.05. The number of aromatic amines is 1. The highest BCUT2D eigenvalue weighted by Gasteiger charge is 2.18. The fourth-order valence-corrected chi connectivity index (χ4v) is 2.38. The summed E-state index contributed by atoms with van der Waals surface area (Å²) in [6.07, 6.45) is 1.64. The van der Waals surface area contributed by atoms with E-state index in [4.69, 9.17) is 0 Å². The van der Waals surface area contributed by atoms with Crippen LogP contribution in [0.1, 0.15) is 10.4 Å². The number of H-pyrrole nitrogens is 1. The van der Waals surface area contributed by atoms with Crippen molar-refractivity contribution in [3.63, 3.8) is 0 Å². The molecule has 19 heavy (non-hydrogen) atoms. The van der Waals surface area contributed by atoms with Gasteiger partial charge in [0.05, 0.1) is 29.2 Å². The van der Waals surface area contributed by atoms with Crippen LogP contribution in [0.3, 0.4) is 0 Å². The van der Waals surface area contributed by atoms with Gasteiger partial charge >= 0.3 is 5.97 Å². The van der Waals surface area contributed by atoms with Gasteiger partial charge in [-0.15, -0.1) is 0 Å². The lowest BCUT2D eigenvalue weighted by molar-refractivity contribution is 0.0596. The topological polar surface area (TPSA) is 55.0 Å². The molecular formula is C13H8BrFN2O2. The molecule has 1 aromatic carbocycles. The molecule has 1 N–H and O–H groups in total. The standard InChI is InChI=1S/C13H8BrFN2O2/c1-19-13(18)7-2-3-8-11-9(4-6(14)5-16-11)17-12(8)10(7)15/h2-5,17H,1H3. The Morgan fingerprint density at radius 3 is 3.00 bits per heavy atom. The van der Waals surface area contributed by atoms with Crippen LogP contribution in [0.5, 0.6) is 0 Å². The monoisotopic (exact) mass is 322 g/mol.